The van der Waals surface area contributed by atoms with Gasteiger partial charge in [0.1, 0.15) is 54.6 Å². The van der Waals surface area contributed by atoms with Crippen LogP contribution in [0.5, 0.6) is 5.75 Å². The fraction of sp³-hybridized carbons (Fsp3) is 0.578. The van der Waals surface area contributed by atoms with E-state index in [-0.39, 0.29) is 24.3 Å². The van der Waals surface area contributed by atoms with Crippen molar-refractivity contribution < 1.29 is 82.8 Å². The van der Waals surface area contributed by atoms with E-state index in [0.29, 0.717) is 5.56 Å². The third kappa shape index (κ3) is 24.7. The molecule has 0 aromatic heterocycles. The Hall–Kier alpha value is -7.56. The van der Waals surface area contributed by atoms with Gasteiger partial charge in [-0.3, -0.25) is 62.3 Å². The molecular weight excluding hydrogens is 999 g/mol. The van der Waals surface area contributed by atoms with Gasteiger partial charge in [-0.2, -0.15) is 11.8 Å². The van der Waals surface area contributed by atoms with Crippen molar-refractivity contribution in [2.75, 3.05) is 18.6 Å². The van der Waals surface area contributed by atoms with Gasteiger partial charge in [-0.1, -0.05) is 39.8 Å². The summed E-state index contributed by atoms with van der Waals surface area (Å²) in [5.41, 5.74) is 16.7. The zero-order valence-electron chi connectivity index (χ0n) is 41.6. The minimum absolute atomic E-state index is 0.0853. The number of aliphatic carboxylic acids is 3. The Labute approximate surface area is 429 Å². The largest absolute Gasteiger partial charge is 0.508 e. The van der Waals surface area contributed by atoms with Gasteiger partial charge in [-0.15, -0.1) is 0 Å². The van der Waals surface area contributed by atoms with Crippen molar-refractivity contribution in [2.45, 2.75) is 134 Å². The van der Waals surface area contributed by atoms with E-state index in [1.807, 2.05) is 0 Å². The van der Waals surface area contributed by atoms with Gasteiger partial charge in [0.25, 0.3) is 0 Å². The number of amides is 10. The van der Waals surface area contributed by atoms with Crippen molar-refractivity contribution >= 4 is 88.7 Å². The number of hydrogen-bond donors (Lipinski definition) is 15. The van der Waals surface area contributed by atoms with E-state index in [0.717, 1.165) is 0 Å². The minimum atomic E-state index is -1.73. The maximum absolute atomic E-state index is 14.0. The second kappa shape index (κ2) is 32.5. The molecule has 0 radical (unpaired) electrons. The Bertz CT molecular complexity index is 2180. The molecule has 1 aromatic carbocycles. The van der Waals surface area contributed by atoms with Gasteiger partial charge in [-0.05, 0) is 67.2 Å². The molecule has 412 valence electrons. The number of carbonyl (C=O) groups excluding carboxylic acids is 10. The standard InChI is InChI=1S/C45H69N11O17S/c1-21(2)36(44(72)53-26(11-14-33(60)61)39(67)49-20-35(64)65)56-45(73)37(22(3)4)55-42(70)29(16-17-74-5)52-41(69)28(12-15-34(62)63)50-40(68)27(10-13-31(47)58)51-43(71)30(18-23-6-8-24(57)9-7-23)54-38(66)25(46)19-32(48)59/h6-9,21-22,25-30,36-37,57H,10-20,46H2,1-5H3,(H2,47,58)(H2,48,59)(H,49,67)(H,50,68)(H,51,71)(H,52,69)(H,53,72)(H,54,66)(H,55,70)(H,56,73)(H,60,61)(H,62,63)(H,64,65). The van der Waals surface area contributed by atoms with Crippen LogP contribution in [0.3, 0.4) is 0 Å². The average Bonchev–Trinajstić information content (AvgIpc) is 3.30. The number of carbonyl (C=O) groups is 13. The van der Waals surface area contributed by atoms with Crippen molar-refractivity contribution in [3.05, 3.63) is 29.8 Å². The summed E-state index contributed by atoms with van der Waals surface area (Å²) in [5, 5.41) is 56.6. The van der Waals surface area contributed by atoms with Crippen LogP contribution in [-0.4, -0.2) is 164 Å². The average molecular weight is 1070 g/mol. The first-order valence-electron chi connectivity index (χ1n) is 23.2. The Morgan fingerprint density at radius 3 is 1.32 bits per heavy atom. The lowest BCUT2D eigenvalue weighted by Crippen LogP contribution is -2.61. The van der Waals surface area contributed by atoms with Gasteiger partial charge in [0, 0.05) is 25.7 Å². The van der Waals surface area contributed by atoms with E-state index in [2.05, 4.69) is 42.5 Å². The zero-order chi connectivity index (χ0) is 56.4. The van der Waals surface area contributed by atoms with E-state index >= 15 is 0 Å². The topological polar surface area (TPSA) is 477 Å². The number of nitrogens with one attached hydrogen (secondary N) is 8. The SMILES string of the molecule is CSCCC(NC(=O)C(CCC(=O)O)NC(=O)C(CCC(N)=O)NC(=O)C(Cc1ccc(O)cc1)NC(=O)C(N)CC(N)=O)C(=O)NC(C(=O)NC(C(=O)NC(CCC(=O)O)C(=O)NCC(=O)O)C(C)C)C(C)C. The van der Waals surface area contributed by atoms with E-state index in [1.54, 1.807) is 20.1 Å². The molecule has 0 bridgehead atoms. The number of rotatable bonds is 35. The second-order valence-electron chi connectivity index (χ2n) is 17.7. The van der Waals surface area contributed by atoms with E-state index in [9.17, 15) is 77.6 Å². The summed E-state index contributed by atoms with van der Waals surface area (Å²) < 4.78 is 0. The maximum Gasteiger partial charge on any atom is 0.322 e. The van der Waals surface area contributed by atoms with Gasteiger partial charge < -0.3 is 80.2 Å². The molecular formula is C45H69N11O17S. The Morgan fingerprint density at radius 1 is 0.500 bits per heavy atom. The minimum Gasteiger partial charge on any atom is -0.508 e. The highest BCUT2D eigenvalue weighted by atomic mass is 32.2. The lowest BCUT2D eigenvalue weighted by molar-refractivity contribution is -0.140. The smallest absolute Gasteiger partial charge is 0.322 e. The summed E-state index contributed by atoms with van der Waals surface area (Å²) in [6.45, 7) is 5.34. The van der Waals surface area contributed by atoms with E-state index in [4.69, 9.17) is 22.3 Å². The van der Waals surface area contributed by atoms with Gasteiger partial charge in [0.05, 0.1) is 12.5 Å². The third-order valence-electron chi connectivity index (χ3n) is 10.8. The summed E-state index contributed by atoms with van der Waals surface area (Å²) in [6, 6.07) is -6.75. The van der Waals surface area contributed by atoms with Crippen LogP contribution in [-0.2, 0) is 68.7 Å². The number of hydrogen-bond acceptors (Lipinski definition) is 16. The number of nitrogens with two attached hydrogens (primary N) is 3. The number of thioether (sulfide) groups is 1. The highest BCUT2D eigenvalue weighted by molar-refractivity contribution is 7.98. The summed E-state index contributed by atoms with van der Waals surface area (Å²) in [4.78, 5) is 166. The first-order chi connectivity index (χ1) is 34.6. The van der Waals surface area contributed by atoms with Crippen LogP contribution >= 0.6 is 11.8 Å². The second-order valence-corrected chi connectivity index (χ2v) is 18.7. The fourth-order valence-electron chi connectivity index (χ4n) is 6.73. The monoisotopic (exact) mass is 1070 g/mol. The van der Waals surface area contributed by atoms with Crippen molar-refractivity contribution in [3.8, 4) is 5.75 Å². The molecule has 0 aliphatic rings. The van der Waals surface area contributed by atoms with Gasteiger partial charge in [0.15, 0.2) is 0 Å². The first kappa shape index (κ1) is 64.5. The summed E-state index contributed by atoms with van der Waals surface area (Å²) in [6.07, 6.45) is -2.57. The Kier molecular flexibility index (Phi) is 28.3. The molecule has 0 aliphatic heterocycles. The lowest BCUT2D eigenvalue weighted by atomic mass is 9.98. The fourth-order valence-corrected chi connectivity index (χ4v) is 7.20. The molecule has 0 saturated carbocycles. The van der Waals surface area contributed by atoms with Crippen LogP contribution in [0.25, 0.3) is 0 Å². The highest BCUT2D eigenvalue weighted by Crippen LogP contribution is 2.14. The van der Waals surface area contributed by atoms with Crippen molar-refractivity contribution in [1.29, 1.82) is 0 Å². The van der Waals surface area contributed by atoms with Crippen molar-refractivity contribution in [2.24, 2.45) is 29.0 Å². The molecule has 0 saturated heterocycles. The summed E-state index contributed by atoms with van der Waals surface area (Å²) in [7, 11) is 0. The van der Waals surface area contributed by atoms with E-state index < -0.39 is 189 Å². The van der Waals surface area contributed by atoms with Crippen LogP contribution in [0.4, 0.5) is 0 Å². The van der Waals surface area contributed by atoms with Crippen LogP contribution in [0.15, 0.2) is 24.3 Å². The quantitative estimate of drug-likeness (QED) is 0.0306. The van der Waals surface area contributed by atoms with Gasteiger partial charge in [0.2, 0.25) is 59.1 Å². The van der Waals surface area contributed by atoms with Crippen molar-refractivity contribution in [1.82, 2.24) is 42.5 Å². The third-order valence-corrected chi connectivity index (χ3v) is 11.4. The molecule has 1 rings (SSSR count). The number of benzene rings is 1. The molecule has 29 heteroatoms. The molecule has 8 atom stereocenters. The predicted molar refractivity (Wildman–Crippen MR) is 263 cm³/mol. The summed E-state index contributed by atoms with van der Waals surface area (Å²) >= 11 is 1.26. The Morgan fingerprint density at radius 2 is 0.892 bits per heavy atom. The number of primary amides is 2. The molecule has 1 aromatic rings. The molecule has 28 nitrogen and oxygen atoms in total. The van der Waals surface area contributed by atoms with Crippen LogP contribution in [0, 0.1) is 11.8 Å². The maximum atomic E-state index is 14.0. The number of carboxylic acid groups (broad SMARTS) is 3. The number of phenols is 1. The molecule has 10 amide bonds. The lowest BCUT2D eigenvalue weighted by Gasteiger charge is -2.30. The molecule has 0 heterocycles. The molecule has 8 unspecified atom stereocenters. The first-order valence-corrected chi connectivity index (χ1v) is 24.6. The van der Waals surface area contributed by atoms with Crippen molar-refractivity contribution in [3.63, 3.8) is 0 Å². The molecule has 0 aliphatic carbocycles. The number of carboxylic acids is 3. The number of aromatic hydroxyl groups is 1. The van der Waals surface area contributed by atoms with E-state index in [1.165, 1.54) is 49.9 Å². The molecule has 74 heavy (non-hydrogen) atoms. The van der Waals surface area contributed by atoms with Crippen LogP contribution < -0.4 is 59.7 Å². The van der Waals surface area contributed by atoms with Crippen LogP contribution in [0.2, 0.25) is 0 Å². The molecule has 0 fully saturated rings. The predicted octanol–water partition coefficient (Wildman–Crippen LogP) is -4.21. The Balaban J connectivity index is 3.49. The van der Waals surface area contributed by atoms with Gasteiger partial charge >= 0.3 is 17.9 Å². The van der Waals surface area contributed by atoms with Crippen LogP contribution in [0.1, 0.15) is 84.6 Å². The molecule has 0 spiro atoms. The highest BCUT2D eigenvalue weighted by Gasteiger charge is 2.36. The van der Waals surface area contributed by atoms with Gasteiger partial charge in [-0.25, -0.2) is 0 Å². The number of phenolic OH excluding ortho intramolecular Hbond substituents is 1. The zero-order valence-corrected chi connectivity index (χ0v) is 42.4. The normalized spacial score (nSPS) is 14.2. The summed E-state index contributed by atoms with van der Waals surface area (Å²) in [5.74, 6) is -15.2. The molecule has 18 N–H and O–H groups in total.